The third-order valence-corrected chi connectivity index (χ3v) is 2.49. The molecule has 0 aromatic heterocycles. The molecule has 0 aliphatic carbocycles. The van der Waals surface area contributed by atoms with Crippen molar-refractivity contribution in [3.05, 3.63) is 0 Å². The van der Waals surface area contributed by atoms with Gasteiger partial charge < -0.3 is 19.7 Å². The monoisotopic (exact) mass is 176 g/mol. The van der Waals surface area contributed by atoms with Gasteiger partial charge in [0.15, 0.2) is 6.29 Å². The molecule has 0 spiro atoms. The number of hydrogen-bond donors (Lipinski definition) is 2. The summed E-state index contributed by atoms with van der Waals surface area (Å²) in [6.07, 6.45) is -1.62. The lowest BCUT2D eigenvalue weighted by Gasteiger charge is -2.42. The van der Waals surface area contributed by atoms with Crippen molar-refractivity contribution in [2.24, 2.45) is 0 Å². The quantitative estimate of drug-likeness (QED) is 0.584. The molecule has 0 amide bonds. The molecule has 4 atom stereocenters. The molecule has 1 saturated heterocycles. The summed E-state index contributed by atoms with van der Waals surface area (Å²) in [5, 5.41) is 18.9. The average molecular weight is 176 g/mol. The zero-order valence-electron chi connectivity index (χ0n) is 7.65. The Morgan fingerprint density at radius 2 is 2.08 bits per heavy atom. The second kappa shape index (κ2) is 3.30. The van der Waals surface area contributed by atoms with Crippen LogP contribution in [-0.4, -0.2) is 41.4 Å². The summed E-state index contributed by atoms with van der Waals surface area (Å²) in [7, 11) is 1.52. The Bertz CT molecular complexity index is 161. The maximum absolute atomic E-state index is 9.65. The highest BCUT2D eigenvalue weighted by atomic mass is 16.6. The smallest absolute Gasteiger partial charge is 0.157 e. The van der Waals surface area contributed by atoms with Crippen LogP contribution in [-0.2, 0) is 9.47 Å². The zero-order valence-corrected chi connectivity index (χ0v) is 7.65. The van der Waals surface area contributed by atoms with Crippen molar-refractivity contribution in [1.29, 1.82) is 0 Å². The van der Waals surface area contributed by atoms with Gasteiger partial charge in [-0.15, -0.1) is 0 Å². The molecule has 1 aliphatic rings. The minimum Gasteiger partial charge on any atom is -0.387 e. The zero-order chi connectivity index (χ0) is 9.35. The summed E-state index contributed by atoms with van der Waals surface area (Å²) in [5.41, 5.74) is -0.697. The van der Waals surface area contributed by atoms with E-state index in [0.717, 1.165) is 0 Å². The van der Waals surface area contributed by atoms with Crippen molar-refractivity contribution in [1.82, 2.24) is 0 Å². The Balaban J connectivity index is 2.72. The summed E-state index contributed by atoms with van der Waals surface area (Å²) >= 11 is 0. The molecule has 1 fully saturated rings. The average Bonchev–Trinajstić information content (AvgIpc) is 2.00. The van der Waals surface area contributed by atoms with E-state index >= 15 is 0 Å². The van der Waals surface area contributed by atoms with E-state index in [2.05, 4.69) is 0 Å². The van der Waals surface area contributed by atoms with Crippen LogP contribution in [0.4, 0.5) is 0 Å². The minimum atomic E-state index is -0.839. The molecule has 1 unspecified atom stereocenters. The van der Waals surface area contributed by atoms with Gasteiger partial charge in [0.2, 0.25) is 0 Å². The molecular weight excluding hydrogens is 160 g/mol. The van der Waals surface area contributed by atoms with Gasteiger partial charge in [0.05, 0.1) is 11.7 Å². The first-order chi connectivity index (χ1) is 5.49. The Hall–Kier alpha value is -0.160. The van der Waals surface area contributed by atoms with Crippen LogP contribution < -0.4 is 0 Å². The van der Waals surface area contributed by atoms with Crippen LogP contribution in [0.25, 0.3) is 0 Å². The number of hydrogen-bond acceptors (Lipinski definition) is 4. The van der Waals surface area contributed by atoms with Crippen molar-refractivity contribution >= 4 is 0 Å². The van der Waals surface area contributed by atoms with Gasteiger partial charge in [0.25, 0.3) is 0 Å². The lowest BCUT2D eigenvalue weighted by molar-refractivity contribution is -0.263. The van der Waals surface area contributed by atoms with Crippen molar-refractivity contribution in [3.8, 4) is 0 Å². The predicted molar refractivity (Wildman–Crippen MR) is 42.6 cm³/mol. The highest BCUT2D eigenvalue weighted by molar-refractivity contribution is 4.91. The second-order valence-electron chi connectivity index (χ2n) is 3.46. The molecule has 0 bridgehead atoms. The Morgan fingerprint density at radius 3 is 2.58 bits per heavy atom. The first-order valence-corrected chi connectivity index (χ1v) is 4.06. The summed E-state index contributed by atoms with van der Waals surface area (Å²) in [5.74, 6) is 0. The van der Waals surface area contributed by atoms with Crippen LogP contribution in [0.1, 0.15) is 20.3 Å². The van der Waals surface area contributed by atoms with E-state index in [-0.39, 0.29) is 0 Å². The van der Waals surface area contributed by atoms with Crippen LogP contribution in [0, 0.1) is 0 Å². The third kappa shape index (κ3) is 1.61. The van der Waals surface area contributed by atoms with Crippen LogP contribution in [0.2, 0.25) is 0 Å². The molecule has 0 aromatic rings. The number of methoxy groups -OCH3 is 1. The van der Waals surface area contributed by atoms with E-state index in [1.807, 2.05) is 0 Å². The van der Waals surface area contributed by atoms with Crippen molar-refractivity contribution in [2.45, 2.75) is 44.4 Å². The third-order valence-electron chi connectivity index (χ3n) is 2.49. The molecule has 1 heterocycles. The summed E-state index contributed by atoms with van der Waals surface area (Å²) in [6.45, 7) is 3.48. The maximum atomic E-state index is 9.65. The fraction of sp³-hybridized carbons (Fsp3) is 1.00. The predicted octanol–water partition coefficient (Wildman–Crippen LogP) is -0.120. The van der Waals surface area contributed by atoms with Crippen molar-refractivity contribution in [2.75, 3.05) is 7.11 Å². The molecule has 72 valence electrons. The maximum Gasteiger partial charge on any atom is 0.157 e. The molecule has 12 heavy (non-hydrogen) atoms. The van der Waals surface area contributed by atoms with E-state index in [1.165, 1.54) is 7.11 Å². The SMILES string of the molecule is COC1(C)C[C@H](O)O[C@@H](C)[C@@H]1O. The van der Waals surface area contributed by atoms with Crippen molar-refractivity contribution < 1.29 is 19.7 Å². The van der Waals surface area contributed by atoms with Crippen LogP contribution >= 0.6 is 0 Å². The van der Waals surface area contributed by atoms with Gasteiger partial charge in [-0.3, -0.25) is 0 Å². The lowest BCUT2D eigenvalue weighted by Crippen LogP contribution is -2.55. The first-order valence-electron chi connectivity index (χ1n) is 4.06. The second-order valence-corrected chi connectivity index (χ2v) is 3.46. The van der Waals surface area contributed by atoms with Gasteiger partial charge in [0, 0.05) is 13.5 Å². The van der Waals surface area contributed by atoms with Crippen molar-refractivity contribution in [3.63, 3.8) is 0 Å². The van der Waals surface area contributed by atoms with Gasteiger partial charge in [-0.25, -0.2) is 0 Å². The molecular formula is C8H16O4. The van der Waals surface area contributed by atoms with Crippen LogP contribution in [0.15, 0.2) is 0 Å². The van der Waals surface area contributed by atoms with E-state index < -0.39 is 24.1 Å². The number of aliphatic hydroxyl groups is 2. The minimum absolute atomic E-state index is 0.301. The molecule has 1 aliphatic heterocycles. The molecule has 0 radical (unpaired) electrons. The Kier molecular flexibility index (Phi) is 2.73. The lowest BCUT2D eigenvalue weighted by atomic mass is 9.89. The van der Waals surface area contributed by atoms with Gasteiger partial charge >= 0.3 is 0 Å². The molecule has 1 rings (SSSR count). The fourth-order valence-corrected chi connectivity index (χ4v) is 1.54. The number of aliphatic hydroxyl groups excluding tert-OH is 2. The summed E-state index contributed by atoms with van der Waals surface area (Å²) in [6, 6.07) is 0. The summed E-state index contributed by atoms with van der Waals surface area (Å²) < 4.78 is 10.2. The standard InChI is InChI=1S/C8H16O4/c1-5-7(10)8(2,11-3)4-6(9)12-5/h5-7,9-10H,4H2,1-3H3/t5-,6+,7-,8?/m0/s1. The molecule has 2 N–H and O–H groups in total. The molecule has 0 aromatic carbocycles. The normalized spacial score (nSPS) is 49.2. The van der Waals surface area contributed by atoms with E-state index in [4.69, 9.17) is 9.47 Å². The largest absolute Gasteiger partial charge is 0.387 e. The highest BCUT2D eigenvalue weighted by Gasteiger charge is 2.44. The van der Waals surface area contributed by atoms with E-state index in [1.54, 1.807) is 13.8 Å². The topological polar surface area (TPSA) is 58.9 Å². The van der Waals surface area contributed by atoms with Gasteiger partial charge in [-0.05, 0) is 13.8 Å². The first kappa shape index (κ1) is 9.92. The Labute approximate surface area is 72.1 Å². The highest BCUT2D eigenvalue weighted by Crippen LogP contribution is 2.30. The molecule has 4 nitrogen and oxygen atoms in total. The summed E-state index contributed by atoms with van der Waals surface area (Å²) in [4.78, 5) is 0. The number of rotatable bonds is 1. The molecule has 4 heteroatoms. The van der Waals surface area contributed by atoms with Crippen LogP contribution in [0.5, 0.6) is 0 Å². The van der Waals surface area contributed by atoms with Gasteiger partial charge in [0.1, 0.15) is 6.10 Å². The van der Waals surface area contributed by atoms with Crippen LogP contribution in [0.3, 0.4) is 0 Å². The van der Waals surface area contributed by atoms with Gasteiger partial charge in [-0.1, -0.05) is 0 Å². The molecule has 0 saturated carbocycles. The van der Waals surface area contributed by atoms with E-state index in [0.29, 0.717) is 6.42 Å². The number of ether oxygens (including phenoxy) is 2. The van der Waals surface area contributed by atoms with E-state index in [9.17, 15) is 10.2 Å². The Morgan fingerprint density at radius 1 is 1.50 bits per heavy atom. The van der Waals surface area contributed by atoms with Gasteiger partial charge in [-0.2, -0.15) is 0 Å². The fourth-order valence-electron chi connectivity index (χ4n) is 1.54.